The van der Waals surface area contributed by atoms with Crippen LogP contribution in [0.3, 0.4) is 0 Å². The fourth-order valence-corrected chi connectivity index (χ4v) is 3.22. The lowest BCUT2D eigenvalue weighted by molar-refractivity contribution is 0.0976. The van der Waals surface area contributed by atoms with E-state index in [9.17, 15) is 4.79 Å². The van der Waals surface area contributed by atoms with Gasteiger partial charge in [0.25, 0.3) is 5.91 Å². The molecule has 26 heavy (non-hydrogen) atoms. The molecule has 1 aliphatic heterocycles. The van der Waals surface area contributed by atoms with E-state index >= 15 is 0 Å². The summed E-state index contributed by atoms with van der Waals surface area (Å²) in [5, 5.41) is 3.19. The molecule has 1 atom stereocenters. The van der Waals surface area contributed by atoms with Gasteiger partial charge in [-0.25, -0.2) is 9.97 Å². The molecule has 0 radical (unpaired) electrons. The van der Waals surface area contributed by atoms with Gasteiger partial charge in [-0.1, -0.05) is 18.2 Å². The Hall–Kier alpha value is -3.28. The number of para-hydroxylation sites is 1. The molecule has 4 rings (SSSR count). The summed E-state index contributed by atoms with van der Waals surface area (Å²) >= 11 is 0. The Morgan fingerprint density at radius 2 is 1.96 bits per heavy atom. The molecule has 0 spiro atoms. The summed E-state index contributed by atoms with van der Waals surface area (Å²) in [5.41, 5.74) is 3.61. The number of fused-ring (bicyclic) bond motifs is 1. The topological polar surface area (TPSA) is 71.0 Å². The summed E-state index contributed by atoms with van der Waals surface area (Å²) < 4.78 is 0. The third kappa shape index (κ3) is 3.13. The summed E-state index contributed by atoms with van der Waals surface area (Å²) in [7, 11) is 0. The number of rotatable bonds is 4. The van der Waals surface area contributed by atoms with E-state index in [0.717, 1.165) is 17.7 Å². The maximum Gasteiger partial charge on any atom is 0.278 e. The van der Waals surface area contributed by atoms with Crippen molar-refractivity contribution in [3.05, 3.63) is 78.0 Å². The fourth-order valence-electron chi connectivity index (χ4n) is 3.22. The Labute approximate surface area is 151 Å². The number of hydrogen-bond donors (Lipinski definition) is 1. The number of amides is 1. The van der Waals surface area contributed by atoms with Crippen LogP contribution in [0.4, 0.5) is 11.5 Å². The van der Waals surface area contributed by atoms with Gasteiger partial charge in [-0.05, 0) is 42.7 Å². The van der Waals surface area contributed by atoms with Gasteiger partial charge in [-0.2, -0.15) is 0 Å². The molecule has 1 amide bonds. The van der Waals surface area contributed by atoms with E-state index in [4.69, 9.17) is 0 Å². The highest BCUT2D eigenvalue weighted by atomic mass is 16.2. The van der Waals surface area contributed by atoms with Crippen molar-refractivity contribution in [2.75, 3.05) is 10.2 Å². The molecule has 1 aromatic carbocycles. The minimum atomic E-state index is -0.115. The number of nitrogens with zero attached hydrogens (tertiary/aromatic N) is 4. The van der Waals surface area contributed by atoms with Crippen LogP contribution in [0.5, 0.6) is 0 Å². The first-order chi connectivity index (χ1) is 12.7. The van der Waals surface area contributed by atoms with Crippen LogP contribution < -0.4 is 10.2 Å². The minimum Gasteiger partial charge on any atom is -0.365 e. The highest BCUT2D eigenvalue weighted by Gasteiger charge is 2.31. The first-order valence-electron chi connectivity index (χ1n) is 8.58. The molecule has 6 heteroatoms. The van der Waals surface area contributed by atoms with Crippen LogP contribution in [-0.4, -0.2) is 26.9 Å². The Balaban J connectivity index is 1.47. The van der Waals surface area contributed by atoms with Crippen molar-refractivity contribution in [2.24, 2.45) is 0 Å². The lowest BCUT2D eigenvalue weighted by Gasteiger charge is -2.22. The van der Waals surface area contributed by atoms with Crippen molar-refractivity contribution in [2.45, 2.75) is 25.9 Å². The van der Waals surface area contributed by atoms with E-state index in [1.165, 1.54) is 11.8 Å². The number of hydrogen-bond acceptors (Lipinski definition) is 5. The Morgan fingerprint density at radius 1 is 1.15 bits per heavy atom. The van der Waals surface area contributed by atoms with E-state index in [2.05, 4.69) is 33.3 Å². The number of nitrogens with one attached hydrogen (secondary N) is 1. The number of anilines is 2. The number of carbonyl (C=O) groups excluding carboxylic acids is 1. The highest BCUT2D eigenvalue weighted by Crippen LogP contribution is 2.32. The standard InChI is InChI=1S/C20H19N5O/c1-14-10-16-4-2-3-5-18(16)25(14)20(26)17-12-24-19(13-22-17)23-11-15-6-8-21-9-7-15/h2-9,12-14H,10-11H2,1H3,(H,23,24). The number of pyridine rings is 1. The molecule has 0 bridgehead atoms. The van der Waals surface area contributed by atoms with Gasteiger partial charge >= 0.3 is 0 Å². The second-order valence-corrected chi connectivity index (χ2v) is 6.35. The molecule has 1 N–H and O–H groups in total. The molecule has 2 aromatic heterocycles. The predicted molar refractivity (Wildman–Crippen MR) is 100 cm³/mol. The lowest BCUT2D eigenvalue weighted by Crippen LogP contribution is -2.36. The number of benzene rings is 1. The van der Waals surface area contributed by atoms with Gasteiger partial charge in [-0.15, -0.1) is 0 Å². The van der Waals surface area contributed by atoms with Crippen LogP contribution in [0.25, 0.3) is 0 Å². The minimum absolute atomic E-state index is 0.115. The second kappa shape index (κ2) is 6.92. The summed E-state index contributed by atoms with van der Waals surface area (Å²) in [6.07, 6.45) is 7.49. The van der Waals surface area contributed by atoms with Crippen LogP contribution >= 0.6 is 0 Å². The zero-order valence-corrected chi connectivity index (χ0v) is 14.5. The van der Waals surface area contributed by atoms with Gasteiger partial charge in [0, 0.05) is 30.7 Å². The predicted octanol–water partition coefficient (Wildman–Crippen LogP) is 3.08. The van der Waals surface area contributed by atoms with Gasteiger partial charge in [-0.3, -0.25) is 9.78 Å². The first kappa shape index (κ1) is 16.2. The first-order valence-corrected chi connectivity index (χ1v) is 8.58. The fraction of sp³-hybridized carbons (Fsp3) is 0.200. The van der Waals surface area contributed by atoms with Crippen molar-refractivity contribution in [1.29, 1.82) is 0 Å². The van der Waals surface area contributed by atoms with E-state index in [0.29, 0.717) is 18.1 Å². The van der Waals surface area contributed by atoms with Gasteiger partial charge < -0.3 is 10.2 Å². The monoisotopic (exact) mass is 345 g/mol. The van der Waals surface area contributed by atoms with E-state index < -0.39 is 0 Å². The van der Waals surface area contributed by atoms with Crippen LogP contribution in [0.2, 0.25) is 0 Å². The van der Waals surface area contributed by atoms with Crippen LogP contribution in [-0.2, 0) is 13.0 Å². The van der Waals surface area contributed by atoms with Gasteiger partial charge in [0.15, 0.2) is 0 Å². The van der Waals surface area contributed by atoms with Gasteiger partial charge in [0.2, 0.25) is 0 Å². The second-order valence-electron chi connectivity index (χ2n) is 6.35. The molecular formula is C20H19N5O. The zero-order valence-electron chi connectivity index (χ0n) is 14.5. The average Bonchev–Trinajstić information content (AvgIpc) is 3.03. The summed E-state index contributed by atoms with van der Waals surface area (Å²) in [5.74, 6) is 0.517. The normalized spacial score (nSPS) is 15.6. The Kier molecular flexibility index (Phi) is 4.31. The molecule has 3 heterocycles. The van der Waals surface area contributed by atoms with Crippen molar-refractivity contribution in [1.82, 2.24) is 15.0 Å². The molecule has 6 nitrogen and oxygen atoms in total. The summed E-state index contributed by atoms with van der Waals surface area (Å²) in [6.45, 7) is 2.68. The van der Waals surface area contributed by atoms with E-state index in [1.54, 1.807) is 18.6 Å². The third-order valence-corrected chi connectivity index (χ3v) is 4.52. The maximum atomic E-state index is 12.9. The molecule has 1 aliphatic rings. The molecule has 1 unspecified atom stereocenters. The van der Waals surface area contributed by atoms with Crippen molar-refractivity contribution < 1.29 is 4.79 Å². The van der Waals surface area contributed by atoms with Crippen LogP contribution in [0.1, 0.15) is 28.5 Å². The Morgan fingerprint density at radius 3 is 2.73 bits per heavy atom. The van der Waals surface area contributed by atoms with Gasteiger partial charge in [0.05, 0.1) is 12.4 Å². The molecule has 0 fully saturated rings. The zero-order chi connectivity index (χ0) is 17.9. The van der Waals surface area contributed by atoms with Crippen molar-refractivity contribution >= 4 is 17.4 Å². The smallest absolute Gasteiger partial charge is 0.278 e. The molecule has 0 saturated carbocycles. The van der Waals surface area contributed by atoms with Gasteiger partial charge in [0.1, 0.15) is 11.5 Å². The number of aromatic nitrogens is 3. The average molecular weight is 345 g/mol. The highest BCUT2D eigenvalue weighted by molar-refractivity contribution is 6.06. The molecule has 0 saturated heterocycles. The van der Waals surface area contributed by atoms with Crippen molar-refractivity contribution in [3.63, 3.8) is 0 Å². The number of carbonyl (C=O) groups is 1. The van der Waals surface area contributed by atoms with E-state index in [1.807, 2.05) is 35.2 Å². The molecule has 3 aromatic rings. The maximum absolute atomic E-state index is 12.9. The SMILES string of the molecule is CC1Cc2ccccc2N1C(=O)c1cnc(NCc2ccncc2)cn1. The largest absolute Gasteiger partial charge is 0.365 e. The summed E-state index contributed by atoms with van der Waals surface area (Å²) in [4.78, 5) is 27.4. The molecular weight excluding hydrogens is 326 g/mol. The summed E-state index contributed by atoms with van der Waals surface area (Å²) in [6, 6.07) is 12.0. The quantitative estimate of drug-likeness (QED) is 0.787. The molecule has 130 valence electrons. The van der Waals surface area contributed by atoms with Crippen LogP contribution in [0, 0.1) is 0 Å². The lowest BCUT2D eigenvalue weighted by atomic mass is 10.1. The van der Waals surface area contributed by atoms with Crippen molar-refractivity contribution in [3.8, 4) is 0 Å². The van der Waals surface area contributed by atoms with Crippen LogP contribution in [0.15, 0.2) is 61.2 Å². The third-order valence-electron chi connectivity index (χ3n) is 4.52. The molecule has 0 aliphatic carbocycles. The van der Waals surface area contributed by atoms with E-state index in [-0.39, 0.29) is 11.9 Å². The Bertz CT molecular complexity index is 911.